The van der Waals surface area contributed by atoms with E-state index in [0.717, 1.165) is 0 Å². The monoisotopic (exact) mass is 217 g/mol. The van der Waals surface area contributed by atoms with Gasteiger partial charge in [-0.15, -0.1) is 0 Å². The standard InChI is InChI=1S/C16H11N/c1-2-6-13-11(4-1)10-12-5-3-7-15-16(12)14(13)8-9-17-15/h1-10,17H. The summed E-state index contributed by atoms with van der Waals surface area (Å²) in [6.07, 6.45) is 4.18. The highest BCUT2D eigenvalue weighted by atomic mass is 14.8. The van der Waals surface area contributed by atoms with Crippen LogP contribution in [0.15, 0.2) is 54.7 Å². The third kappa shape index (κ3) is 1.14. The molecule has 1 aliphatic heterocycles. The molecule has 0 aromatic heterocycles. The Labute approximate surface area is 99.4 Å². The summed E-state index contributed by atoms with van der Waals surface area (Å²) in [6.45, 7) is 0. The van der Waals surface area contributed by atoms with Gasteiger partial charge in [0.2, 0.25) is 0 Å². The first kappa shape index (κ1) is 8.82. The number of rotatable bonds is 0. The van der Waals surface area contributed by atoms with Gasteiger partial charge in [0.15, 0.2) is 0 Å². The number of hydrogen-bond donors (Lipinski definition) is 1. The van der Waals surface area contributed by atoms with Gasteiger partial charge in [0, 0.05) is 17.3 Å². The third-order valence-corrected chi connectivity index (χ3v) is 3.42. The van der Waals surface area contributed by atoms with E-state index >= 15 is 0 Å². The maximum absolute atomic E-state index is 3.31. The van der Waals surface area contributed by atoms with E-state index in [-0.39, 0.29) is 0 Å². The Bertz CT molecular complexity index is 769. The fourth-order valence-electron chi connectivity index (χ4n) is 2.67. The minimum Gasteiger partial charge on any atom is -0.361 e. The van der Waals surface area contributed by atoms with E-state index in [1.807, 2.05) is 6.20 Å². The topological polar surface area (TPSA) is 12.0 Å². The van der Waals surface area contributed by atoms with Gasteiger partial charge in [-0.1, -0.05) is 36.4 Å². The van der Waals surface area contributed by atoms with Crippen molar-refractivity contribution in [2.75, 3.05) is 5.32 Å². The SMILES string of the molecule is C1=Cc2c3ccccc3cc3cccc(c23)N1. The van der Waals surface area contributed by atoms with Crippen LogP contribution in [0, 0.1) is 0 Å². The smallest absolute Gasteiger partial charge is 0.0465 e. The average molecular weight is 217 g/mol. The van der Waals surface area contributed by atoms with E-state index in [1.165, 1.54) is 32.8 Å². The lowest BCUT2D eigenvalue weighted by Crippen LogP contribution is -1.96. The second-order valence-corrected chi connectivity index (χ2v) is 4.39. The highest BCUT2D eigenvalue weighted by Crippen LogP contribution is 2.36. The minimum atomic E-state index is 1.20. The molecule has 0 amide bonds. The molecular formula is C16H11N. The van der Waals surface area contributed by atoms with Crippen LogP contribution >= 0.6 is 0 Å². The van der Waals surface area contributed by atoms with Crippen LogP contribution in [0.3, 0.4) is 0 Å². The number of benzene rings is 3. The Balaban J connectivity index is 2.34. The molecule has 0 radical (unpaired) electrons. The first-order valence-electron chi connectivity index (χ1n) is 5.81. The number of fused-ring (bicyclic) bond motifs is 2. The Morgan fingerprint density at radius 1 is 0.824 bits per heavy atom. The van der Waals surface area contributed by atoms with Gasteiger partial charge in [0.05, 0.1) is 0 Å². The van der Waals surface area contributed by atoms with Crippen molar-refractivity contribution in [2.24, 2.45) is 0 Å². The quantitative estimate of drug-likeness (QED) is 0.551. The molecule has 3 aromatic carbocycles. The average Bonchev–Trinajstić information content (AvgIpc) is 2.39. The van der Waals surface area contributed by atoms with Crippen molar-refractivity contribution < 1.29 is 0 Å². The van der Waals surface area contributed by atoms with E-state index in [1.54, 1.807) is 0 Å². The highest BCUT2D eigenvalue weighted by Gasteiger charge is 2.10. The van der Waals surface area contributed by atoms with Crippen LogP contribution in [0.1, 0.15) is 5.56 Å². The van der Waals surface area contributed by atoms with Crippen LogP contribution in [0.4, 0.5) is 5.69 Å². The van der Waals surface area contributed by atoms with Crippen molar-refractivity contribution in [1.82, 2.24) is 0 Å². The Kier molecular flexibility index (Phi) is 1.61. The molecule has 0 atom stereocenters. The van der Waals surface area contributed by atoms with Crippen molar-refractivity contribution in [2.45, 2.75) is 0 Å². The molecule has 0 unspecified atom stereocenters. The van der Waals surface area contributed by atoms with Gasteiger partial charge < -0.3 is 5.32 Å². The highest BCUT2D eigenvalue weighted by molar-refractivity contribution is 6.12. The fraction of sp³-hybridized carbons (Fsp3) is 0. The van der Waals surface area contributed by atoms with Crippen LogP contribution in [0.25, 0.3) is 27.6 Å². The maximum atomic E-state index is 3.31. The van der Waals surface area contributed by atoms with Gasteiger partial charge in [-0.25, -0.2) is 0 Å². The Morgan fingerprint density at radius 3 is 2.71 bits per heavy atom. The number of anilines is 1. The fourth-order valence-corrected chi connectivity index (χ4v) is 2.67. The van der Waals surface area contributed by atoms with E-state index in [0.29, 0.717) is 0 Å². The summed E-state index contributed by atoms with van der Waals surface area (Å²) >= 11 is 0. The van der Waals surface area contributed by atoms with Crippen molar-refractivity contribution >= 4 is 33.3 Å². The lowest BCUT2D eigenvalue weighted by Gasteiger charge is -2.16. The van der Waals surface area contributed by atoms with Gasteiger partial charge in [0.1, 0.15) is 0 Å². The molecule has 0 bridgehead atoms. The molecule has 1 heterocycles. The summed E-state index contributed by atoms with van der Waals surface area (Å²) in [5, 5.41) is 8.57. The maximum Gasteiger partial charge on any atom is 0.0465 e. The third-order valence-electron chi connectivity index (χ3n) is 3.42. The summed E-state index contributed by atoms with van der Waals surface area (Å²) in [5.74, 6) is 0. The van der Waals surface area contributed by atoms with E-state index in [9.17, 15) is 0 Å². The lowest BCUT2D eigenvalue weighted by molar-refractivity contribution is 1.61. The lowest BCUT2D eigenvalue weighted by atomic mass is 9.94. The van der Waals surface area contributed by atoms with Crippen molar-refractivity contribution in [3.63, 3.8) is 0 Å². The van der Waals surface area contributed by atoms with Crippen molar-refractivity contribution in [3.8, 4) is 0 Å². The van der Waals surface area contributed by atoms with E-state index < -0.39 is 0 Å². The second kappa shape index (κ2) is 3.11. The summed E-state index contributed by atoms with van der Waals surface area (Å²) in [5.41, 5.74) is 2.53. The zero-order valence-corrected chi connectivity index (χ0v) is 9.27. The normalized spacial score (nSPS) is 12.9. The summed E-state index contributed by atoms with van der Waals surface area (Å²) < 4.78 is 0. The van der Waals surface area contributed by atoms with Crippen LogP contribution in [-0.2, 0) is 0 Å². The summed E-state index contributed by atoms with van der Waals surface area (Å²) in [4.78, 5) is 0. The molecular weight excluding hydrogens is 206 g/mol. The zero-order chi connectivity index (χ0) is 11.2. The van der Waals surface area contributed by atoms with E-state index in [4.69, 9.17) is 0 Å². The largest absolute Gasteiger partial charge is 0.361 e. The molecule has 1 N–H and O–H groups in total. The summed E-state index contributed by atoms with van der Waals surface area (Å²) in [6, 6.07) is 17.2. The van der Waals surface area contributed by atoms with Crippen LogP contribution in [0.2, 0.25) is 0 Å². The van der Waals surface area contributed by atoms with Crippen molar-refractivity contribution in [1.29, 1.82) is 0 Å². The van der Waals surface area contributed by atoms with Crippen LogP contribution in [0.5, 0.6) is 0 Å². The van der Waals surface area contributed by atoms with Gasteiger partial charge >= 0.3 is 0 Å². The molecule has 1 heteroatoms. The first-order valence-corrected chi connectivity index (χ1v) is 5.81. The van der Waals surface area contributed by atoms with Gasteiger partial charge in [-0.3, -0.25) is 0 Å². The predicted octanol–water partition coefficient (Wildman–Crippen LogP) is 4.39. The molecule has 0 saturated carbocycles. The van der Waals surface area contributed by atoms with Gasteiger partial charge in [-0.2, -0.15) is 0 Å². The Morgan fingerprint density at radius 2 is 1.71 bits per heavy atom. The molecule has 0 aliphatic carbocycles. The number of hydrogen-bond acceptors (Lipinski definition) is 1. The molecule has 80 valence electrons. The summed E-state index contributed by atoms with van der Waals surface area (Å²) in [7, 11) is 0. The molecule has 3 aromatic rings. The van der Waals surface area contributed by atoms with Crippen LogP contribution in [-0.4, -0.2) is 0 Å². The first-order chi connectivity index (χ1) is 8.43. The molecule has 0 saturated heterocycles. The number of nitrogens with one attached hydrogen (secondary N) is 1. The molecule has 1 aliphatic rings. The molecule has 17 heavy (non-hydrogen) atoms. The predicted molar refractivity (Wildman–Crippen MR) is 74.1 cm³/mol. The van der Waals surface area contributed by atoms with Crippen LogP contribution < -0.4 is 5.32 Å². The van der Waals surface area contributed by atoms with Crippen molar-refractivity contribution in [3.05, 3.63) is 60.3 Å². The Hall–Kier alpha value is -2.28. The zero-order valence-electron chi connectivity index (χ0n) is 9.27. The molecule has 0 fully saturated rings. The second-order valence-electron chi connectivity index (χ2n) is 4.39. The molecule has 0 spiro atoms. The minimum absolute atomic E-state index is 1.20. The van der Waals surface area contributed by atoms with Gasteiger partial charge in [-0.05, 0) is 39.9 Å². The molecule has 4 rings (SSSR count). The molecule has 1 nitrogen and oxygen atoms in total. The van der Waals surface area contributed by atoms with E-state index in [2.05, 4.69) is 59.9 Å². The van der Waals surface area contributed by atoms with Gasteiger partial charge in [0.25, 0.3) is 0 Å².